The second-order valence-electron chi connectivity index (χ2n) is 10.7. The molecular formula is C31H37ClN8O3. The first kappa shape index (κ1) is 31.6. The molecule has 0 radical (unpaired) electrons. The number of ether oxygens (including phenoxy) is 1. The lowest BCUT2D eigenvalue weighted by Crippen LogP contribution is -2.52. The zero-order chi connectivity index (χ0) is 29.6. The number of aryl methyl sites for hydroxylation is 1. The molecule has 5 rings (SSSR count). The summed E-state index contributed by atoms with van der Waals surface area (Å²) in [6.07, 6.45) is 3.51. The number of aromatic amines is 1. The molecule has 4 aromatic rings. The second kappa shape index (κ2) is 14.2. The lowest BCUT2D eigenvalue weighted by atomic mass is 9.81. The maximum absolute atomic E-state index is 14.1. The number of halogens is 1. The summed E-state index contributed by atoms with van der Waals surface area (Å²) in [5.41, 5.74) is 16.9. The number of anilines is 1. The van der Waals surface area contributed by atoms with Gasteiger partial charge in [0.05, 0.1) is 7.11 Å². The van der Waals surface area contributed by atoms with E-state index in [9.17, 15) is 9.59 Å². The van der Waals surface area contributed by atoms with Crippen molar-refractivity contribution in [3.63, 3.8) is 0 Å². The Kier molecular flexibility index (Phi) is 10.4. The van der Waals surface area contributed by atoms with E-state index < -0.39 is 11.9 Å². The third-order valence-corrected chi connectivity index (χ3v) is 8.12. The summed E-state index contributed by atoms with van der Waals surface area (Å²) >= 11 is 0. The number of carbonyl (C=O) groups excluding carboxylic acids is 2. The molecule has 0 bridgehead atoms. The number of nitrogens with zero attached hydrogens (tertiary/aromatic N) is 5. The fourth-order valence-corrected chi connectivity index (χ4v) is 5.68. The van der Waals surface area contributed by atoms with E-state index in [4.69, 9.17) is 16.2 Å². The van der Waals surface area contributed by atoms with E-state index in [1.54, 1.807) is 24.1 Å². The van der Waals surface area contributed by atoms with Gasteiger partial charge in [-0.05, 0) is 91.7 Å². The van der Waals surface area contributed by atoms with Crippen LogP contribution in [0.2, 0.25) is 0 Å². The van der Waals surface area contributed by atoms with Gasteiger partial charge in [-0.3, -0.25) is 14.5 Å². The van der Waals surface area contributed by atoms with Gasteiger partial charge in [-0.2, -0.15) is 5.21 Å². The van der Waals surface area contributed by atoms with Gasteiger partial charge < -0.3 is 16.2 Å². The fraction of sp³-hybridized carbons (Fsp3) is 0.355. The van der Waals surface area contributed by atoms with Crippen molar-refractivity contribution < 1.29 is 14.3 Å². The predicted molar refractivity (Wildman–Crippen MR) is 166 cm³/mol. The molecule has 2 aromatic carbocycles. The maximum Gasteiger partial charge on any atom is 0.240 e. The summed E-state index contributed by atoms with van der Waals surface area (Å²) in [5, 5.41) is 14.1. The number of amides is 2. The monoisotopic (exact) mass is 604 g/mol. The van der Waals surface area contributed by atoms with E-state index >= 15 is 0 Å². The van der Waals surface area contributed by atoms with Crippen LogP contribution in [0.5, 0.6) is 5.88 Å². The minimum absolute atomic E-state index is 0. The van der Waals surface area contributed by atoms with Crippen LogP contribution in [0.4, 0.5) is 5.69 Å². The smallest absolute Gasteiger partial charge is 0.240 e. The van der Waals surface area contributed by atoms with Gasteiger partial charge in [-0.1, -0.05) is 24.3 Å². The van der Waals surface area contributed by atoms with Crippen LogP contribution < -0.4 is 21.1 Å². The van der Waals surface area contributed by atoms with E-state index in [0.717, 1.165) is 53.6 Å². The minimum Gasteiger partial charge on any atom is -0.481 e. The molecule has 1 aliphatic carbocycles. The van der Waals surface area contributed by atoms with Crippen molar-refractivity contribution in [3.05, 3.63) is 71.9 Å². The number of hydrogen-bond acceptors (Lipinski definition) is 8. The van der Waals surface area contributed by atoms with Gasteiger partial charge in [0.25, 0.3) is 0 Å². The standard InChI is InChI=1S/C31H36N8O3.ClH/c1-19-26(15-16-28(34-19)42-2)22-7-3-20(4-8-22)17-27(29(33)40)39(31(41)24-9-5-21(18-32)6-10-24)25-13-11-23(12-14-25)30-35-37-38-36-30;/h3-4,7-8,11-16,21,24,27H,5-6,9-10,17-18,32H2,1-2H3,(H2,33,40)(H,35,36,37,38);1H/t21?,24?,27-;/m0./s1. The number of primary amides is 1. The number of nitrogens with one attached hydrogen (secondary N) is 1. The lowest BCUT2D eigenvalue weighted by molar-refractivity contribution is -0.127. The minimum atomic E-state index is -0.879. The highest BCUT2D eigenvalue weighted by Crippen LogP contribution is 2.33. The predicted octanol–water partition coefficient (Wildman–Crippen LogP) is 3.86. The number of pyridine rings is 1. The lowest BCUT2D eigenvalue weighted by Gasteiger charge is -2.35. The Labute approximate surface area is 256 Å². The van der Waals surface area contributed by atoms with Gasteiger partial charge in [0, 0.05) is 40.9 Å². The zero-order valence-electron chi connectivity index (χ0n) is 24.3. The van der Waals surface area contributed by atoms with Crippen LogP contribution in [0.15, 0.2) is 60.7 Å². The summed E-state index contributed by atoms with van der Waals surface area (Å²) < 4.78 is 5.23. The Morgan fingerprint density at radius 3 is 2.23 bits per heavy atom. The summed E-state index contributed by atoms with van der Waals surface area (Å²) in [4.78, 5) is 33.2. The number of nitrogens with two attached hydrogens (primary N) is 2. The summed E-state index contributed by atoms with van der Waals surface area (Å²) in [5.74, 6) is 0.543. The van der Waals surface area contributed by atoms with Crippen LogP contribution >= 0.6 is 12.4 Å². The van der Waals surface area contributed by atoms with E-state index in [1.807, 2.05) is 55.5 Å². The van der Waals surface area contributed by atoms with Crippen LogP contribution in [0.3, 0.4) is 0 Å². The van der Waals surface area contributed by atoms with Gasteiger partial charge in [0.15, 0.2) is 0 Å². The largest absolute Gasteiger partial charge is 0.481 e. The zero-order valence-corrected chi connectivity index (χ0v) is 25.1. The normalized spacial score (nSPS) is 17.0. The van der Waals surface area contributed by atoms with E-state index in [-0.39, 0.29) is 30.7 Å². The first-order valence-corrected chi connectivity index (χ1v) is 14.1. The van der Waals surface area contributed by atoms with Gasteiger partial charge in [-0.25, -0.2) is 4.98 Å². The van der Waals surface area contributed by atoms with Crippen LogP contribution in [-0.2, 0) is 16.0 Å². The highest BCUT2D eigenvalue weighted by Gasteiger charge is 2.36. The van der Waals surface area contributed by atoms with Crippen LogP contribution in [-0.4, -0.2) is 57.1 Å². The van der Waals surface area contributed by atoms with Crippen molar-refractivity contribution >= 4 is 29.9 Å². The van der Waals surface area contributed by atoms with E-state index in [2.05, 4.69) is 25.6 Å². The molecule has 1 atom stereocenters. The Bertz CT molecular complexity index is 1510. The van der Waals surface area contributed by atoms with E-state index in [1.165, 1.54) is 0 Å². The van der Waals surface area contributed by atoms with Gasteiger partial charge in [0.2, 0.25) is 23.5 Å². The van der Waals surface area contributed by atoms with Gasteiger partial charge in [0.1, 0.15) is 6.04 Å². The number of benzene rings is 2. The van der Waals surface area contributed by atoms with Crippen molar-refractivity contribution in [2.24, 2.45) is 23.3 Å². The third kappa shape index (κ3) is 7.18. The van der Waals surface area contributed by atoms with Gasteiger partial charge in [-0.15, -0.1) is 22.6 Å². The molecule has 1 fully saturated rings. The topological polar surface area (TPSA) is 166 Å². The first-order valence-electron chi connectivity index (χ1n) is 14.1. The molecule has 226 valence electrons. The van der Waals surface area contributed by atoms with E-state index in [0.29, 0.717) is 29.9 Å². The maximum atomic E-state index is 14.1. The van der Waals surface area contributed by atoms with Gasteiger partial charge >= 0.3 is 0 Å². The number of hydrogen-bond donors (Lipinski definition) is 3. The Balaban J connectivity index is 0.00000423. The van der Waals surface area contributed by atoms with Crippen molar-refractivity contribution in [3.8, 4) is 28.4 Å². The van der Waals surface area contributed by atoms with Crippen LogP contribution in [0.25, 0.3) is 22.5 Å². The number of methoxy groups -OCH3 is 1. The molecule has 0 aliphatic heterocycles. The summed E-state index contributed by atoms with van der Waals surface area (Å²) in [7, 11) is 1.59. The van der Waals surface area contributed by atoms with Crippen molar-refractivity contribution in [2.45, 2.75) is 45.1 Å². The Hall–Kier alpha value is -4.35. The molecule has 11 nitrogen and oxygen atoms in total. The highest BCUT2D eigenvalue weighted by molar-refractivity contribution is 6.01. The Morgan fingerprint density at radius 2 is 1.67 bits per heavy atom. The average Bonchev–Trinajstić information content (AvgIpc) is 3.56. The highest BCUT2D eigenvalue weighted by atomic mass is 35.5. The molecule has 0 unspecified atom stereocenters. The molecule has 2 aromatic heterocycles. The third-order valence-electron chi connectivity index (χ3n) is 8.12. The molecular weight excluding hydrogens is 568 g/mol. The number of H-pyrrole nitrogens is 1. The Morgan fingerprint density at radius 1 is 1.00 bits per heavy atom. The molecule has 1 aliphatic rings. The average molecular weight is 605 g/mol. The molecule has 1 saturated carbocycles. The van der Waals surface area contributed by atoms with Crippen LogP contribution in [0, 0.1) is 18.8 Å². The molecule has 0 spiro atoms. The molecule has 43 heavy (non-hydrogen) atoms. The number of tetrazole rings is 1. The first-order chi connectivity index (χ1) is 20.4. The molecule has 2 heterocycles. The van der Waals surface area contributed by atoms with Crippen molar-refractivity contribution in [1.82, 2.24) is 25.6 Å². The molecule has 2 amide bonds. The summed E-state index contributed by atoms with van der Waals surface area (Å²) in [6, 6.07) is 18.0. The molecule has 0 saturated heterocycles. The quantitative estimate of drug-likeness (QED) is 0.245. The number of carbonyl (C=O) groups is 2. The van der Waals surface area contributed by atoms with Crippen molar-refractivity contribution in [2.75, 3.05) is 18.6 Å². The summed E-state index contributed by atoms with van der Waals surface area (Å²) in [6.45, 7) is 2.55. The molecule has 5 N–H and O–H groups in total. The van der Waals surface area contributed by atoms with Crippen molar-refractivity contribution in [1.29, 1.82) is 0 Å². The second-order valence-corrected chi connectivity index (χ2v) is 10.7. The number of aromatic nitrogens is 5. The molecule has 12 heteroatoms. The fourth-order valence-electron chi connectivity index (χ4n) is 5.68. The van der Waals surface area contributed by atoms with Crippen LogP contribution in [0.1, 0.15) is 36.9 Å². The SMILES string of the molecule is COc1ccc(-c2ccc(C[C@@H](C(N)=O)N(C(=O)C3CCC(CN)CC3)c3ccc(-c4nn[nH]n4)cc3)cc2)c(C)n1.Cl. The number of rotatable bonds is 10.